The molecule has 4 aromatic rings. The summed E-state index contributed by atoms with van der Waals surface area (Å²) in [6.07, 6.45) is 4.11. The number of hydrogen-bond acceptors (Lipinski definition) is 5. The number of halogens is 2. The second-order valence-corrected chi connectivity index (χ2v) is 8.82. The highest BCUT2D eigenvalue weighted by molar-refractivity contribution is 7.17. The Morgan fingerprint density at radius 2 is 1.97 bits per heavy atom. The maximum Gasteiger partial charge on any atom is 0.387 e. The first-order chi connectivity index (χ1) is 16.0. The first kappa shape index (κ1) is 21.4. The fourth-order valence-corrected chi connectivity index (χ4v) is 5.44. The van der Waals surface area contributed by atoms with Crippen LogP contribution >= 0.6 is 11.3 Å². The van der Waals surface area contributed by atoms with E-state index in [1.165, 1.54) is 35.7 Å². The number of aromatic amines is 1. The van der Waals surface area contributed by atoms with Crippen molar-refractivity contribution in [2.45, 2.75) is 32.3 Å². The molecule has 0 spiro atoms. The lowest BCUT2D eigenvalue weighted by Gasteiger charge is -2.12. The van der Waals surface area contributed by atoms with Gasteiger partial charge in [0.05, 0.1) is 23.7 Å². The Bertz CT molecular complexity index is 1300. The maximum atomic E-state index is 13.1. The van der Waals surface area contributed by atoms with Crippen LogP contribution in [0.5, 0.6) is 11.5 Å². The molecule has 0 atom stereocenters. The maximum absolute atomic E-state index is 13.1. The van der Waals surface area contributed by atoms with E-state index < -0.39 is 6.61 Å². The summed E-state index contributed by atoms with van der Waals surface area (Å²) < 4.78 is 34.8. The molecular weight excluding hydrogens is 448 g/mol. The highest BCUT2D eigenvalue weighted by atomic mass is 32.1. The van der Waals surface area contributed by atoms with Gasteiger partial charge in [-0.15, -0.1) is 11.3 Å². The highest BCUT2D eigenvalue weighted by Crippen LogP contribution is 2.44. The third-order valence-corrected chi connectivity index (χ3v) is 6.87. The van der Waals surface area contributed by atoms with E-state index in [-0.39, 0.29) is 23.0 Å². The molecule has 0 aliphatic heterocycles. The van der Waals surface area contributed by atoms with Crippen LogP contribution in [0.4, 0.5) is 13.8 Å². The van der Waals surface area contributed by atoms with Crippen molar-refractivity contribution >= 4 is 33.3 Å². The van der Waals surface area contributed by atoms with Gasteiger partial charge in [0, 0.05) is 10.4 Å². The van der Waals surface area contributed by atoms with Gasteiger partial charge in [0.2, 0.25) is 0 Å². The van der Waals surface area contributed by atoms with Crippen molar-refractivity contribution in [2.75, 3.05) is 12.4 Å². The van der Waals surface area contributed by atoms with Gasteiger partial charge >= 0.3 is 6.61 Å². The Hall–Kier alpha value is -3.46. The number of rotatable bonds is 6. The SMILES string of the molecule is COc1cc(C(=O)Nc2sc3c(c2-c2nc4ccccc4[nH]2)CCCC3)ccc1OC(F)F. The molecule has 2 aromatic carbocycles. The summed E-state index contributed by atoms with van der Waals surface area (Å²) in [5, 5.41) is 3.73. The number of carbonyl (C=O) groups is 1. The van der Waals surface area contributed by atoms with Crippen molar-refractivity contribution < 1.29 is 23.0 Å². The zero-order valence-corrected chi connectivity index (χ0v) is 18.6. The number of imidazole rings is 1. The molecule has 0 unspecified atom stereocenters. The number of methoxy groups -OCH3 is 1. The Kier molecular flexibility index (Phi) is 5.72. The van der Waals surface area contributed by atoms with Crippen LogP contribution in [-0.4, -0.2) is 29.6 Å². The molecule has 0 radical (unpaired) electrons. The van der Waals surface area contributed by atoms with E-state index in [0.29, 0.717) is 0 Å². The highest BCUT2D eigenvalue weighted by Gasteiger charge is 2.25. The fourth-order valence-electron chi connectivity index (χ4n) is 4.15. The number of anilines is 1. The summed E-state index contributed by atoms with van der Waals surface area (Å²) in [6, 6.07) is 11.9. The Morgan fingerprint density at radius 3 is 2.76 bits per heavy atom. The van der Waals surface area contributed by atoms with Crippen molar-refractivity contribution in [3.05, 3.63) is 58.5 Å². The largest absolute Gasteiger partial charge is 0.493 e. The quantitative estimate of drug-likeness (QED) is 0.361. The lowest BCUT2D eigenvalue weighted by Crippen LogP contribution is -2.12. The molecule has 5 rings (SSSR count). The topological polar surface area (TPSA) is 76.2 Å². The summed E-state index contributed by atoms with van der Waals surface area (Å²) in [7, 11) is 1.34. The molecule has 1 aliphatic rings. The Labute approximate surface area is 192 Å². The van der Waals surface area contributed by atoms with E-state index in [9.17, 15) is 13.6 Å². The first-order valence-electron chi connectivity index (χ1n) is 10.6. The lowest BCUT2D eigenvalue weighted by molar-refractivity contribution is -0.0512. The number of alkyl halides is 2. The van der Waals surface area contributed by atoms with Crippen LogP contribution in [0, 0.1) is 0 Å². The number of carbonyl (C=O) groups excluding carboxylic acids is 1. The molecule has 0 saturated carbocycles. The summed E-state index contributed by atoms with van der Waals surface area (Å²) in [5.74, 6) is 0.293. The van der Waals surface area contributed by atoms with Crippen molar-refractivity contribution in [3.63, 3.8) is 0 Å². The van der Waals surface area contributed by atoms with E-state index in [2.05, 4.69) is 15.0 Å². The number of hydrogen-bond donors (Lipinski definition) is 2. The number of ether oxygens (including phenoxy) is 2. The summed E-state index contributed by atoms with van der Waals surface area (Å²) >= 11 is 1.56. The van der Waals surface area contributed by atoms with Gasteiger partial charge in [0.1, 0.15) is 10.8 Å². The number of nitrogens with one attached hydrogen (secondary N) is 2. The lowest BCUT2D eigenvalue weighted by atomic mass is 9.95. The average molecular weight is 470 g/mol. The van der Waals surface area contributed by atoms with Crippen molar-refractivity contribution in [2.24, 2.45) is 0 Å². The number of amides is 1. The minimum absolute atomic E-state index is 0.0610. The van der Waals surface area contributed by atoms with E-state index >= 15 is 0 Å². The van der Waals surface area contributed by atoms with Crippen LogP contribution in [0.25, 0.3) is 22.4 Å². The first-order valence-corrected chi connectivity index (χ1v) is 11.4. The zero-order valence-electron chi connectivity index (χ0n) is 17.8. The van der Waals surface area contributed by atoms with E-state index in [0.717, 1.165) is 53.1 Å². The number of thiophene rings is 1. The minimum Gasteiger partial charge on any atom is -0.493 e. The van der Waals surface area contributed by atoms with Gasteiger partial charge in [-0.05, 0) is 61.6 Å². The zero-order chi connectivity index (χ0) is 22.9. The number of benzene rings is 2. The molecular formula is C24H21F2N3O3S. The molecule has 9 heteroatoms. The molecule has 2 N–H and O–H groups in total. The number of H-pyrrole nitrogens is 1. The second kappa shape index (κ2) is 8.82. The number of aromatic nitrogens is 2. The number of nitrogens with zero attached hydrogens (tertiary/aromatic N) is 1. The monoisotopic (exact) mass is 469 g/mol. The van der Waals surface area contributed by atoms with Crippen LogP contribution in [-0.2, 0) is 12.8 Å². The van der Waals surface area contributed by atoms with E-state index in [4.69, 9.17) is 9.72 Å². The molecule has 2 heterocycles. The number of aryl methyl sites for hydroxylation is 1. The summed E-state index contributed by atoms with van der Waals surface area (Å²) in [5.41, 5.74) is 4.21. The third kappa shape index (κ3) is 4.16. The standard InChI is InChI=1S/C24H21F2N3O3S/c1-31-18-12-13(10-11-17(18)32-24(25)26)22(30)29-23-20(14-6-2-5-9-19(14)33-23)21-27-15-7-3-4-8-16(15)28-21/h3-4,7-8,10-12,24H,2,5-6,9H2,1H3,(H,27,28)(H,29,30). The van der Waals surface area contributed by atoms with Gasteiger partial charge in [-0.25, -0.2) is 4.98 Å². The van der Waals surface area contributed by atoms with Crippen LogP contribution < -0.4 is 14.8 Å². The van der Waals surface area contributed by atoms with Gasteiger partial charge in [-0.3, -0.25) is 4.79 Å². The molecule has 0 saturated heterocycles. The summed E-state index contributed by atoms with van der Waals surface area (Å²) in [6.45, 7) is -2.98. The molecule has 0 fully saturated rings. The smallest absolute Gasteiger partial charge is 0.387 e. The average Bonchev–Trinajstić information content (AvgIpc) is 3.39. The van der Waals surface area contributed by atoms with Gasteiger partial charge in [-0.1, -0.05) is 12.1 Å². The molecule has 6 nitrogen and oxygen atoms in total. The van der Waals surface area contributed by atoms with Crippen LogP contribution in [0.2, 0.25) is 0 Å². The Balaban J connectivity index is 1.51. The van der Waals surface area contributed by atoms with Crippen molar-refractivity contribution in [1.29, 1.82) is 0 Å². The van der Waals surface area contributed by atoms with Crippen LogP contribution in [0.3, 0.4) is 0 Å². The number of para-hydroxylation sites is 2. The molecule has 170 valence electrons. The summed E-state index contributed by atoms with van der Waals surface area (Å²) in [4.78, 5) is 22.5. The Morgan fingerprint density at radius 1 is 1.15 bits per heavy atom. The van der Waals surface area contributed by atoms with Crippen molar-refractivity contribution in [1.82, 2.24) is 9.97 Å². The van der Waals surface area contributed by atoms with Gasteiger partial charge in [-0.2, -0.15) is 8.78 Å². The van der Waals surface area contributed by atoms with Crippen molar-refractivity contribution in [3.8, 4) is 22.9 Å². The van der Waals surface area contributed by atoms with Gasteiger partial charge in [0.25, 0.3) is 5.91 Å². The molecule has 1 amide bonds. The predicted molar refractivity (Wildman–Crippen MR) is 124 cm³/mol. The van der Waals surface area contributed by atoms with E-state index in [1.807, 2.05) is 24.3 Å². The minimum atomic E-state index is -2.98. The van der Waals surface area contributed by atoms with Gasteiger partial charge < -0.3 is 19.8 Å². The molecule has 1 aliphatic carbocycles. The van der Waals surface area contributed by atoms with Crippen LogP contribution in [0.15, 0.2) is 42.5 Å². The molecule has 2 aromatic heterocycles. The molecule has 0 bridgehead atoms. The molecule has 33 heavy (non-hydrogen) atoms. The normalized spacial score (nSPS) is 13.2. The number of fused-ring (bicyclic) bond motifs is 2. The second-order valence-electron chi connectivity index (χ2n) is 7.72. The predicted octanol–water partition coefficient (Wildman–Crippen LogP) is 6.03. The van der Waals surface area contributed by atoms with Crippen LogP contribution in [0.1, 0.15) is 33.6 Å². The fraction of sp³-hybridized carbons (Fsp3) is 0.250. The van der Waals surface area contributed by atoms with E-state index in [1.54, 1.807) is 11.3 Å². The van der Waals surface area contributed by atoms with Gasteiger partial charge in [0.15, 0.2) is 11.5 Å². The third-order valence-electron chi connectivity index (χ3n) is 5.67.